The lowest BCUT2D eigenvalue weighted by atomic mass is 10.0. The fraction of sp³-hybridized carbons (Fsp3) is 0.409. The molecule has 142 valence electrons. The Hall–Kier alpha value is -2.53. The quantitative estimate of drug-likeness (QED) is 0.699. The molecule has 1 unspecified atom stereocenters. The Morgan fingerprint density at radius 2 is 1.56 bits per heavy atom. The highest BCUT2D eigenvalue weighted by molar-refractivity contribution is 6.08. The number of carbonyl (C=O) groups excluding carboxylic acids is 1. The number of hydrogen-bond acceptors (Lipinski definition) is 3. The maximum absolute atomic E-state index is 12.6. The number of ether oxygens (including phenoxy) is 1. The first kappa shape index (κ1) is 17.9. The zero-order chi connectivity index (χ0) is 19.2. The Morgan fingerprint density at radius 1 is 1.00 bits per heavy atom. The summed E-state index contributed by atoms with van der Waals surface area (Å²) < 4.78 is 7.94. The van der Waals surface area contributed by atoms with Gasteiger partial charge in [0.15, 0.2) is 0 Å². The molecule has 0 radical (unpaired) electrons. The van der Waals surface area contributed by atoms with Crippen molar-refractivity contribution in [2.45, 2.75) is 44.9 Å². The molecule has 1 saturated heterocycles. The average molecular weight is 365 g/mol. The van der Waals surface area contributed by atoms with Crippen molar-refractivity contribution in [1.82, 2.24) is 9.47 Å². The molecule has 5 heteroatoms. The van der Waals surface area contributed by atoms with E-state index in [1.54, 1.807) is 4.90 Å². The number of hydrogen-bond donors (Lipinski definition) is 1. The number of rotatable bonds is 1. The van der Waals surface area contributed by atoms with Gasteiger partial charge in [0.05, 0.1) is 6.04 Å². The maximum atomic E-state index is 12.6. The van der Waals surface area contributed by atoms with Crippen molar-refractivity contribution in [2.75, 3.05) is 13.1 Å². The molecule has 3 aromatic rings. The molecule has 0 bridgehead atoms. The highest BCUT2D eigenvalue weighted by Crippen LogP contribution is 2.34. The third-order valence-electron chi connectivity index (χ3n) is 5.10. The molecule has 27 heavy (non-hydrogen) atoms. The van der Waals surface area contributed by atoms with E-state index in [1.807, 2.05) is 20.8 Å². The van der Waals surface area contributed by atoms with Gasteiger partial charge in [-0.1, -0.05) is 36.4 Å². The van der Waals surface area contributed by atoms with Crippen LogP contribution >= 0.6 is 0 Å². The molecule has 1 aromatic heterocycles. The van der Waals surface area contributed by atoms with Crippen LogP contribution in [-0.4, -0.2) is 40.3 Å². The largest absolute Gasteiger partial charge is 0.444 e. The normalized spacial score (nSPS) is 21.0. The second kappa shape index (κ2) is 6.57. The van der Waals surface area contributed by atoms with E-state index in [-0.39, 0.29) is 18.2 Å². The van der Waals surface area contributed by atoms with Crippen molar-refractivity contribution >= 4 is 27.9 Å². The maximum Gasteiger partial charge on any atom is 0.410 e. The Labute approximate surface area is 159 Å². The summed E-state index contributed by atoms with van der Waals surface area (Å²) in [5.41, 5.74) is 8.20. The van der Waals surface area contributed by atoms with Crippen molar-refractivity contribution in [1.29, 1.82) is 0 Å². The molecule has 1 aliphatic heterocycles. The average Bonchev–Trinajstić information content (AvgIpc) is 2.94. The third-order valence-corrected chi connectivity index (χ3v) is 5.10. The van der Waals surface area contributed by atoms with E-state index in [4.69, 9.17) is 10.5 Å². The minimum atomic E-state index is -0.513. The summed E-state index contributed by atoms with van der Waals surface area (Å²) in [6, 6.07) is 16.9. The van der Waals surface area contributed by atoms with Crippen LogP contribution in [0.25, 0.3) is 21.8 Å². The Bertz CT molecular complexity index is 933. The molecular weight excluding hydrogens is 338 g/mol. The molecule has 2 heterocycles. The summed E-state index contributed by atoms with van der Waals surface area (Å²) in [6.07, 6.45) is 0.547. The smallest absolute Gasteiger partial charge is 0.410 e. The van der Waals surface area contributed by atoms with Gasteiger partial charge < -0.3 is 19.9 Å². The molecule has 2 N–H and O–H groups in total. The molecule has 0 spiro atoms. The van der Waals surface area contributed by atoms with Crippen LogP contribution in [0.5, 0.6) is 0 Å². The molecule has 0 saturated carbocycles. The second-order valence-corrected chi connectivity index (χ2v) is 8.44. The zero-order valence-electron chi connectivity index (χ0n) is 16.2. The van der Waals surface area contributed by atoms with Crippen LogP contribution in [0.1, 0.15) is 33.2 Å². The first-order valence-corrected chi connectivity index (χ1v) is 9.54. The van der Waals surface area contributed by atoms with Crippen molar-refractivity contribution in [3.63, 3.8) is 0 Å². The van der Waals surface area contributed by atoms with Gasteiger partial charge in [-0.05, 0) is 39.3 Å². The number of likely N-dealkylation sites (tertiary alicyclic amines) is 1. The number of nitrogens with zero attached hydrogens (tertiary/aromatic N) is 2. The fourth-order valence-corrected chi connectivity index (χ4v) is 4.12. The van der Waals surface area contributed by atoms with Gasteiger partial charge in [0.1, 0.15) is 5.60 Å². The highest BCUT2D eigenvalue weighted by Gasteiger charge is 2.33. The van der Waals surface area contributed by atoms with E-state index in [1.165, 1.54) is 21.8 Å². The minimum absolute atomic E-state index is 0.0730. The first-order chi connectivity index (χ1) is 12.8. The number of amides is 1. The number of benzene rings is 2. The summed E-state index contributed by atoms with van der Waals surface area (Å²) in [5, 5.41) is 2.46. The van der Waals surface area contributed by atoms with E-state index in [0.717, 1.165) is 6.42 Å². The van der Waals surface area contributed by atoms with Crippen LogP contribution in [0.15, 0.2) is 48.5 Å². The van der Waals surface area contributed by atoms with Crippen LogP contribution in [0.2, 0.25) is 0 Å². The lowest BCUT2D eigenvalue weighted by Gasteiger charge is -2.38. The number of nitrogens with two attached hydrogens (primary N) is 1. The Kier molecular flexibility index (Phi) is 4.35. The SMILES string of the molecule is CC(C)(C)OC(=O)N1CC(N)C[C@H](n2c3ccccc3c3ccccc32)C1. The summed E-state index contributed by atoms with van der Waals surface area (Å²) >= 11 is 0. The molecule has 0 aliphatic carbocycles. The fourth-order valence-electron chi connectivity index (χ4n) is 4.12. The highest BCUT2D eigenvalue weighted by atomic mass is 16.6. The molecule has 5 nitrogen and oxygen atoms in total. The van der Waals surface area contributed by atoms with Gasteiger partial charge in [-0.2, -0.15) is 0 Å². The predicted molar refractivity (Wildman–Crippen MR) is 109 cm³/mol. The summed E-state index contributed by atoms with van der Waals surface area (Å²) in [5.74, 6) is 0. The number of aromatic nitrogens is 1. The molecule has 1 amide bonds. The van der Waals surface area contributed by atoms with Gasteiger partial charge in [0.2, 0.25) is 0 Å². The molecular formula is C22H27N3O2. The van der Waals surface area contributed by atoms with E-state index in [0.29, 0.717) is 13.1 Å². The van der Waals surface area contributed by atoms with Crippen LogP contribution in [0, 0.1) is 0 Å². The van der Waals surface area contributed by atoms with Gasteiger partial charge in [-0.3, -0.25) is 0 Å². The van der Waals surface area contributed by atoms with E-state index >= 15 is 0 Å². The van der Waals surface area contributed by atoms with Crippen molar-refractivity contribution in [3.8, 4) is 0 Å². The molecule has 2 aromatic carbocycles. The second-order valence-electron chi connectivity index (χ2n) is 8.44. The van der Waals surface area contributed by atoms with Gasteiger partial charge in [-0.25, -0.2) is 4.79 Å². The predicted octanol–water partition coefficient (Wildman–Crippen LogP) is 4.30. The van der Waals surface area contributed by atoms with Crippen molar-refractivity contribution in [3.05, 3.63) is 48.5 Å². The summed E-state index contributed by atoms with van der Waals surface area (Å²) in [6.45, 7) is 6.80. The number of piperidine rings is 1. The Balaban J connectivity index is 1.75. The lowest BCUT2D eigenvalue weighted by molar-refractivity contribution is 0.0156. The number of fused-ring (bicyclic) bond motifs is 3. The van der Waals surface area contributed by atoms with Gasteiger partial charge in [0, 0.05) is 40.9 Å². The van der Waals surface area contributed by atoms with Gasteiger partial charge in [0.25, 0.3) is 0 Å². The van der Waals surface area contributed by atoms with Crippen LogP contribution in [0.3, 0.4) is 0 Å². The first-order valence-electron chi connectivity index (χ1n) is 9.54. The lowest BCUT2D eigenvalue weighted by Crippen LogP contribution is -2.51. The van der Waals surface area contributed by atoms with Crippen molar-refractivity contribution in [2.24, 2.45) is 5.73 Å². The standard InChI is InChI=1S/C22H27N3O2/c1-22(2,3)27-21(26)24-13-15(23)12-16(14-24)25-19-10-6-4-8-17(19)18-9-5-7-11-20(18)25/h4-11,15-16H,12-14,23H2,1-3H3/t15?,16-/m0/s1. The van der Waals surface area contributed by atoms with Crippen molar-refractivity contribution < 1.29 is 9.53 Å². The van der Waals surface area contributed by atoms with E-state index in [9.17, 15) is 4.79 Å². The monoisotopic (exact) mass is 365 g/mol. The Morgan fingerprint density at radius 3 is 2.11 bits per heavy atom. The summed E-state index contributed by atoms with van der Waals surface area (Å²) in [7, 11) is 0. The van der Waals surface area contributed by atoms with Crippen LogP contribution in [-0.2, 0) is 4.74 Å². The van der Waals surface area contributed by atoms with Gasteiger partial charge >= 0.3 is 6.09 Å². The molecule has 2 atom stereocenters. The van der Waals surface area contributed by atoms with E-state index in [2.05, 4.69) is 53.1 Å². The molecule has 1 aliphatic rings. The van der Waals surface area contributed by atoms with Crippen LogP contribution in [0.4, 0.5) is 4.79 Å². The number of para-hydroxylation sites is 2. The zero-order valence-corrected chi connectivity index (χ0v) is 16.2. The van der Waals surface area contributed by atoms with Gasteiger partial charge in [-0.15, -0.1) is 0 Å². The summed E-state index contributed by atoms with van der Waals surface area (Å²) in [4.78, 5) is 14.4. The minimum Gasteiger partial charge on any atom is -0.444 e. The molecule has 1 fully saturated rings. The van der Waals surface area contributed by atoms with Crippen LogP contribution < -0.4 is 5.73 Å². The third kappa shape index (κ3) is 3.39. The van der Waals surface area contributed by atoms with E-state index < -0.39 is 5.60 Å². The topological polar surface area (TPSA) is 60.5 Å². The number of carbonyl (C=O) groups is 1. The molecule has 4 rings (SSSR count).